The molecule has 0 bridgehead atoms. The number of amides is 1. The van der Waals surface area contributed by atoms with Crippen LogP contribution in [-0.2, 0) is 14.3 Å². The molecular formula is C16H17NO4. The molecule has 0 radical (unpaired) electrons. The molecule has 21 heavy (non-hydrogen) atoms. The van der Waals surface area contributed by atoms with Gasteiger partial charge in [0.25, 0.3) is 0 Å². The van der Waals surface area contributed by atoms with Gasteiger partial charge in [-0.25, -0.2) is 4.79 Å². The molecule has 0 saturated carbocycles. The zero-order valence-electron chi connectivity index (χ0n) is 12.2. The van der Waals surface area contributed by atoms with Crippen LogP contribution in [0.4, 0.5) is 0 Å². The van der Waals surface area contributed by atoms with E-state index < -0.39 is 5.60 Å². The number of para-hydroxylation sites is 1. The van der Waals surface area contributed by atoms with E-state index in [9.17, 15) is 9.59 Å². The van der Waals surface area contributed by atoms with Gasteiger partial charge in [0.1, 0.15) is 11.4 Å². The summed E-state index contributed by atoms with van der Waals surface area (Å²) in [6, 6.07) is 7.44. The van der Waals surface area contributed by atoms with Crippen LogP contribution in [0.5, 0.6) is 5.75 Å². The molecule has 0 aromatic heterocycles. The second kappa shape index (κ2) is 4.62. The highest BCUT2D eigenvalue weighted by Crippen LogP contribution is 2.44. The Labute approximate surface area is 122 Å². The van der Waals surface area contributed by atoms with Crippen molar-refractivity contribution in [1.82, 2.24) is 5.32 Å². The van der Waals surface area contributed by atoms with Crippen LogP contribution in [0.1, 0.15) is 31.7 Å². The van der Waals surface area contributed by atoms with Crippen molar-refractivity contribution in [3.63, 3.8) is 0 Å². The normalized spacial score (nSPS) is 23.5. The molecule has 5 nitrogen and oxygen atoms in total. The van der Waals surface area contributed by atoms with E-state index in [0.29, 0.717) is 17.0 Å². The monoisotopic (exact) mass is 287 g/mol. The fraction of sp³-hybridized carbons (Fsp3) is 0.375. The molecule has 3 rings (SSSR count). The van der Waals surface area contributed by atoms with Gasteiger partial charge in [-0.05, 0) is 19.9 Å². The molecule has 2 heterocycles. The average molecular weight is 287 g/mol. The molecule has 2 aliphatic rings. The van der Waals surface area contributed by atoms with Crippen LogP contribution in [0.2, 0.25) is 0 Å². The molecule has 1 amide bonds. The molecule has 2 aliphatic heterocycles. The number of carbonyl (C=O) groups excluding carboxylic acids is 2. The molecule has 1 atom stereocenters. The van der Waals surface area contributed by atoms with Crippen LogP contribution in [0, 0.1) is 0 Å². The first-order valence-corrected chi connectivity index (χ1v) is 6.85. The molecule has 1 N–H and O–H groups in total. The first-order valence-electron chi connectivity index (χ1n) is 6.85. The Kier molecular flexibility index (Phi) is 3.01. The summed E-state index contributed by atoms with van der Waals surface area (Å²) >= 11 is 0. The van der Waals surface area contributed by atoms with Crippen molar-refractivity contribution < 1.29 is 19.1 Å². The van der Waals surface area contributed by atoms with E-state index in [1.807, 2.05) is 24.3 Å². The van der Waals surface area contributed by atoms with Gasteiger partial charge in [-0.15, -0.1) is 0 Å². The van der Waals surface area contributed by atoms with E-state index in [2.05, 4.69) is 5.32 Å². The fourth-order valence-corrected chi connectivity index (χ4v) is 3.00. The lowest BCUT2D eigenvalue weighted by atomic mass is 9.82. The maximum atomic E-state index is 12.2. The topological polar surface area (TPSA) is 64.6 Å². The van der Waals surface area contributed by atoms with E-state index in [0.717, 1.165) is 5.56 Å². The van der Waals surface area contributed by atoms with Crippen molar-refractivity contribution in [1.29, 1.82) is 0 Å². The maximum absolute atomic E-state index is 12.2. The smallest absolute Gasteiger partial charge is 0.337 e. The van der Waals surface area contributed by atoms with Gasteiger partial charge in [-0.3, -0.25) is 4.79 Å². The Morgan fingerprint density at radius 3 is 2.71 bits per heavy atom. The van der Waals surface area contributed by atoms with Gasteiger partial charge in [-0.2, -0.15) is 0 Å². The minimum atomic E-state index is -0.803. The van der Waals surface area contributed by atoms with Gasteiger partial charge in [0.15, 0.2) is 0 Å². The molecule has 110 valence electrons. The van der Waals surface area contributed by atoms with E-state index in [-0.39, 0.29) is 24.2 Å². The number of cyclic esters (lactones) is 1. The molecule has 1 aromatic rings. The molecule has 0 fully saturated rings. The summed E-state index contributed by atoms with van der Waals surface area (Å²) < 4.78 is 10.8. The maximum Gasteiger partial charge on any atom is 0.337 e. The quantitative estimate of drug-likeness (QED) is 0.844. The van der Waals surface area contributed by atoms with Gasteiger partial charge in [-0.1, -0.05) is 18.2 Å². The Bertz CT molecular complexity index is 660. The van der Waals surface area contributed by atoms with Crippen molar-refractivity contribution in [2.75, 3.05) is 7.11 Å². The molecule has 1 unspecified atom stereocenters. The first kappa shape index (κ1) is 13.7. The van der Waals surface area contributed by atoms with Crippen LogP contribution in [-0.4, -0.2) is 24.6 Å². The van der Waals surface area contributed by atoms with Gasteiger partial charge in [0.2, 0.25) is 5.91 Å². The summed E-state index contributed by atoms with van der Waals surface area (Å²) in [5, 5.41) is 2.79. The lowest BCUT2D eigenvalue weighted by Gasteiger charge is -2.27. The highest BCUT2D eigenvalue weighted by Gasteiger charge is 2.47. The van der Waals surface area contributed by atoms with Crippen LogP contribution in [0.3, 0.4) is 0 Å². The van der Waals surface area contributed by atoms with E-state index in [4.69, 9.17) is 9.47 Å². The Balaban J connectivity index is 2.16. The zero-order chi connectivity index (χ0) is 15.2. The Morgan fingerprint density at radius 1 is 1.29 bits per heavy atom. The van der Waals surface area contributed by atoms with E-state index >= 15 is 0 Å². The highest BCUT2D eigenvalue weighted by molar-refractivity contribution is 5.99. The SMILES string of the molecule is COc1ccccc1C1CC(=O)NC2=C1C(=O)OC2(C)C. The fourth-order valence-electron chi connectivity index (χ4n) is 3.00. The van der Waals surface area contributed by atoms with Gasteiger partial charge in [0, 0.05) is 17.9 Å². The van der Waals surface area contributed by atoms with Crippen molar-refractivity contribution >= 4 is 11.9 Å². The van der Waals surface area contributed by atoms with E-state index in [1.54, 1.807) is 21.0 Å². The van der Waals surface area contributed by atoms with Gasteiger partial charge in [0.05, 0.1) is 18.4 Å². The van der Waals surface area contributed by atoms with Crippen LogP contribution < -0.4 is 10.1 Å². The predicted octanol–water partition coefficient (Wildman–Crippen LogP) is 1.89. The lowest BCUT2D eigenvalue weighted by Crippen LogP contribution is -2.38. The molecule has 0 spiro atoms. The van der Waals surface area contributed by atoms with E-state index in [1.165, 1.54) is 0 Å². The average Bonchev–Trinajstić information content (AvgIpc) is 2.68. The largest absolute Gasteiger partial charge is 0.496 e. The third kappa shape index (κ3) is 2.09. The minimum absolute atomic E-state index is 0.115. The number of carbonyl (C=O) groups is 2. The predicted molar refractivity (Wildman–Crippen MR) is 75.7 cm³/mol. The Morgan fingerprint density at radius 2 is 2.00 bits per heavy atom. The lowest BCUT2D eigenvalue weighted by molar-refractivity contribution is -0.144. The summed E-state index contributed by atoms with van der Waals surface area (Å²) in [6.07, 6.45) is 0.213. The number of hydrogen-bond acceptors (Lipinski definition) is 4. The highest BCUT2D eigenvalue weighted by atomic mass is 16.6. The molecule has 1 aromatic carbocycles. The second-order valence-electron chi connectivity index (χ2n) is 5.74. The summed E-state index contributed by atoms with van der Waals surface area (Å²) in [6.45, 7) is 3.55. The molecular weight excluding hydrogens is 270 g/mol. The number of esters is 1. The number of hydrogen-bond donors (Lipinski definition) is 1. The van der Waals surface area contributed by atoms with Crippen molar-refractivity contribution in [3.8, 4) is 5.75 Å². The van der Waals surface area contributed by atoms with Crippen LogP contribution >= 0.6 is 0 Å². The third-order valence-corrected chi connectivity index (χ3v) is 3.96. The van der Waals surface area contributed by atoms with Crippen molar-refractivity contribution in [2.24, 2.45) is 0 Å². The second-order valence-corrected chi connectivity index (χ2v) is 5.74. The van der Waals surface area contributed by atoms with Crippen molar-refractivity contribution in [3.05, 3.63) is 41.1 Å². The first-order chi connectivity index (χ1) is 9.94. The minimum Gasteiger partial charge on any atom is -0.496 e. The van der Waals surface area contributed by atoms with Crippen molar-refractivity contribution in [2.45, 2.75) is 31.8 Å². The van der Waals surface area contributed by atoms with Crippen LogP contribution in [0.15, 0.2) is 35.5 Å². The molecule has 0 saturated heterocycles. The standard InChI is InChI=1S/C16H17NO4/c1-16(2)14-13(15(19)21-16)10(8-12(18)17-14)9-6-4-5-7-11(9)20-3/h4-7,10H,8H2,1-3H3,(H,17,18). The third-order valence-electron chi connectivity index (χ3n) is 3.96. The summed E-state index contributed by atoms with van der Waals surface area (Å²) in [7, 11) is 1.58. The number of methoxy groups -OCH3 is 1. The van der Waals surface area contributed by atoms with Gasteiger partial charge >= 0.3 is 5.97 Å². The molecule has 5 heteroatoms. The van der Waals surface area contributed by atoms with Gasteiger partial charge < -0.3 is 14.8 Å². The summed E-state index contributed by atoms with van der Waals surface area (Å²) in [5.74, 6) is -0.150. The Hall–Kier alpha value is -2.30. The summed E-state index contributed by atoms with van der Waals surface area (Å²) in [5.41, 5.74) is 1.13. The number of nitrogens with one attached hydrogen (secondary N) is 1. The zero-order valence-corrected chi connectivity index (χ0v) is 12.2. The number of ether oxygens (including phenoxy) is 2. The van der Waals surface area contributed by atoms with Crippen LogP contribution in [0.25, 0.3) is 0 Å². The number of rotatable bonds is 2. The summed E-state index contributed by atoms with van der Waals surface area (Å²) in [4.78, 5) is 24.3. The number of benzene rings is 1. The molecule has 0 aliphatic carbocycles.